The average molecular weight is 951 g/mol. The number of rotatable bonds is 8. The summed E-state index contributed by atoms with van der Waals surface area (Å²) in [6, 6.07) is 5.59. The van der Waals surface area contributed by atoms with Crippen molar-refractivity contribution in [2.45, 2.75) is 137 Å². The summed E-state index contributed by atoms with van der Waals surface area (Å²) in [6.45, 7) is 16.0. The molecule has 9 rings (SSSR count). The van der Waals surface area contributed by atoms with Crippen LogP contribution in [0.3, 0.4) is 0 Å². The summed E-state index contributed by atoms with van der Waals surface area (Å²) in [5, 5.41) is 8.11. The molecule has 2 saturated heterocycles. The molecule has 2 spiro atoms. The maximum absolute atomic E-state index is 12.8. The fraction of sp³-hybridized carbons (Fsp3) is 0.619. The number of imidazole rings is 2. The maximum Gasteiger partial charge on any atom is 1.00 e. The van der Waals surface area contributed by atoms with Crippen LogP contribution in [0.4, 0.5) is 11.9 Å². The minimum Gasteiger partial charge on any atom is -0.813 e. The standard InChI is InChI=1S/C23H30ClN7OS2.C19H28N5OS.Na.H2S/c1-22(2,3)34(32)29-18-5-4-7-23(18)8-12-30(13-9-23)21-26-15-17(20-25-11-14-31(20)21)33-16-6-10-27-28-19(16)24;1-18(2,3)26(25)22-15-5-4-7-19(15)8-12-23(13-9-19)17-21-10-6-16-20-11-14-24(16)17;;/h6,10-11,14-15,18,29H,4-5,7-9,12-13H2,1-3H3;10-11,14-15,22H,4-5,7-9,12-13H2,1-3H3;;1H2/q;-1;+1;/p-1/t18-,34-;15-,26-;;/m11../s1. The van der Waals surface area contributed by atoms with Gasteiger partial charge < -0.3 is 33.8 Å². The van der Waals surface area contributed by atoms with E-state index in [2.05, 4.69) is 54.9 Å². The van der Waals surface area contributed by atoms with E-state index in [4.69, 9.17) is 16.6 Å². The Bertz CT molecular complexity index is 2340. The third-order valence-electron chi connectivity index (χ3n) is 13.0. The van der Waals surface area contributed by atoms with Crippen molar-refractivity contribution in [3.05, 3.63) is 60.7 Å². The van der Waals surface area contributed by atoms with E-state index in [0.717, 1.165) is 97.7 Å². The van der Waals surface area contributed by atoms with E-state index in [1.165, 1.54) is 37.4 Å². The van der Waals surface area contributed by atoms with Crippen LogP contribution >= 0.6 is 23.4 Å². The van der Waals surface area contributed by atoms with Gasteiger partial charge in [0, 0.05) is 69.2 Å². The molecule has 2 aliphatic carbocycles. The molecule has 4 fully saturated rings. The number of halogens is 1. The largest absolute Gasteiger partial charge is 1.00 e. The first-order chi connectivity index (χ1) is 28.7. The van der Waals surface area contributed by atoms with Gasteiger partial charge in [0.2, 0.25) is 11.9 Å². The maximum atomic E-state index is 12.8. The van der Waals surface area contributed by atoms with E-state index < -0.39 is 22.0 Å². The minimum atomic E-state index is -1.04. The van der Waals surface area contributed by atoms with Crippen LogP contribution in [0.1, 0.15) is 106 Å². The van der Waals surface area contributed by atoms with Crippen molar-refractivity contribution in [3.8, 4) is 0 Å². The van der Waals surface area contributed by atoms with E-state index in [0.29, 0.717) is 17.2 Å². The number of anilines is 2. The van der Waals surface area contributed by atoms with E-state index in [-0.39, 0.29) is 63.4 Å². The molecule has 332 valence electrons. The van der Waals surface area contributed by atoms with Gasteiger partial charge in [-0.15, -0.1) is 11.3 Å². The Hall–Kier alpha value is -1.87. The van der Waals surface area contributed by atoms with Gasteiger partial charge >= 0.3 is 29.6 Å². The Morgan fingerprint density at radius 3 is 1.82 bits per heavy atom. The minimum absolute atomic E-state index is 0. The molecule has 20 heteroatoms. The number of thiol groups is 1. The molecule has 2 saturated carbocycles. The van der Waals surface area contributed by atoms with Crippen molar-refractivity contribution in [1.82, 2.24) is 48.4 Å². The second-order valence-corrected chi connectivity index (χ2v) is 24.2. The van der Waals surface area contributed by atoms with Gasteiger partial charge in [-0.25, -0.2) is 27.8 Å². The van der Waals surface area contributed by atoms with Crippen molar-refractivity contribution < 1.29 is 38.0 Å². The first-order valence-electron chi connectivity index (χ1n) is 21.2. The van der Waals surface area contributed by atoms with Gasteiger partial charge in [-0.1, -0.05) is 36.2 Å². The van der Waals surface area contributed by atoms with E-state index in [9.17, 15) is 8.42 Å². The molecule has 0 radical (unpaired) electrons. The van der Waals surface area contributed by atoms with Gasteiger partial charge in [0.15, 0.2) is 10.8 Å². The molecule has 4 aliphatic rings. The molecule has 62 heavy (non-hydrogen) atoms. The first kappa shape index (κ1) is 49.6. The van der Waals surface area contributed by atoms with Crippen molar-refractivity contribution in [3.63, 3.8) is 0 Å². The van der Waals surface area contributed by atoms with Crippen LogP contribution in [0.5, 0.6) is 0 Å². The molecule has 2 aliphatic heterocycles. The zero-order chi connectivity index (χ0) is 42.3. The quantitative estimate of drug-likeness (QED) is 0.100. The predicted octanol–water partition coefficient (Wildman–Crippen LogP) is 3.97. The molecule has 0 amide bonds. The number of aromatic nitrogens is 8. The topological polar surface area (TPSA) is 151 Å². The van der Waals surface area contributed by atoms with Crippen LogP contribution < -0.4 is 48.8 Å². The molecular formula is C42H59ClN12NaO2S4-. The Kier molecular flexibility index (Phi) is 16.3. The van der Waals surface area contributed by atoms with Gasteiger partial charge in [0.05, 0.1) is 47.5 Å². The second kappa shape index (κ2) is 20.3. The monoisotopic (exact) mass is 949 g/mol. The Morgan fingerprint density at radius 2 is 1.27 bits per heavy atom. The Labute approximate surface area is 409 Å². The summed E-state index contributed by atoms with van der Waals surface area (Å²) in [5.74, 6) is 1.86. The molecule has 0 unspecified atom stereocenters. The summed E-state index contributed by atoms with van der Waals surface area (Å²) in [6.07, 6.45) is 24.2. The van der Waals surface area contributed by atoms with Gasteiger partial charge in [-0.2, -0.15) is 5.10 Å². The zero-order valence-corrected chi connectivity index (χ0v) is 43.1. The summed E-state index contributed by atoms with van der Waals surface area (Å²) >= 11 is 7.70. The van der Waals surface area contributed by atoms with Gasteiger partial charge in [-0.05, 0) is 115 Å². The van der Waals surface area contributed by atoms with Crippen molar-refractivity contribution in [2.75, 3.05) is 36.0 Å². The molecular weight excluding hydrogens is 891 g/mol. The second-order valence-electron chi connectivity index (χ2n) is 18.7. The van der Waals surface area contributed by atoms with Crippen LogP contribution in [0.15, 0.2) is 59.2 Å². The first-order valence-corrected chi connectivity index (χ1v) is 24.7. The van der Waals surface area contributed by atoms with E-state index in [1.807, 2.05) is 70.6 Å². The zero-order valence-electron chi connectivity index (χ0n) is 37.0. The van der Waals surface area contributed by atoms with Gasteiger partial charge in [0.1, 0.15) is 0 Å². The number of nitrogens with one attached hydrogen (secondary N) is 2. The Balaban J connectivity index is 0.000000207. The summed E-state index contributed by atoms with van der Waals surface area (Å²) < 4.78 is 36.0. The smallest absolute Gasteiger partial charge is 0.813 e. The SMILES string of the molecule is CC(C)(C)[S@@](=O)N[C@@H]1CCCC12CCN(c1nc[c-]c3nccn13)CC2.CC(C)(C)[S@@](=O)N[C@@H]1CCCC12CCN(c1ncc(Sc3ccnnc3Cl)c3nccn13)CC2.[Na+].[SH-]. The van der Waals surface area contributed by atoms with Crippen LogP contribution in [0, 0.1) is 16.9 Å². The van der Waals surface area contributed by atoms with Gasteiger partial charge in [0.25, 0.3) is 0 Å². The van der Waals surface area contributed by atoms with Crippen molar-refractivity contribution in [1.29, 1.82) is 0 Å². The average Bonchev–Trinajstić information content (AvgIpc) is 4.05. The normalized spacial score (nSPS) is 22.0. The Morgan fingerprint density at radius 1 is 0.742 bits per heavy atom. The molecule has 0 aromatic carbocycles. The number of piperidine rings is 2. The predicted molar refractivity (Wildman–Crippen MR) is 250 cm³/mol. The molecule has 5 aromatic heterocycles. The molecule has 14 nitrogen and oxygen atoms in total. The number of hydrogen-bond donors (Lipinski definition) is 2. The van der Waals surface area contributed by atoms with Crippen LogP contribution in [-0.4, -0.2) is 95.1 Å². The number of fused-ring (bicyclic) bond motifs is 2. The molecule has 0 bridgehead atoms. The summed E-state index contributed by atoms with van der Waals surface area (Å²) in [7, 11) is -2.05. The van der Waals surface area contributed by atoms with Crippen LogP contribution in [0.25, 0.3) is 11.3 Å². The third kappa shape index (κ3) is 10.5. The molecule has 5 aromatic rings. The van der Waals surface area contributed by atoms with Crippen molar-refractivity contribution >= 4 is 82.0 Å². The van der Waals surface area contributed by atoms with Gasteiger partial charge in [-0.3, -0.25) is 14.4 Å². The third-order valence-corrected chi connectivity index (χ3v) is 17.6. The fourth-order valence-electron chi connectivity index (χ4n) is 9.46. The molecule has 2 N–H and O–H groups in total. The van der Waals surface area contributed by atoms with Crippen LogP contribution in [0.2, 0.25) is 5.15 Å². The van der Waals surface area contributed by atoms with Crippen LogP contribution in [-0.2, 0) is 35.5 Å². The number of nitrogens with zero attached hydrogens (tertiary/aromatic N) is 10. The molecule has 4 atom stereocenters. The summed E-state index contributed by atoms with van der Waals surface area (Å²) in [4.78, 5) is 24.7. The molecule has 7 heterocycles. The van der Waals surface area contributed by atoms with E-state index in [1.54, 1.807) is 24.8 Å². The fourth-order valence-corrected chi connectivity index (χ4v) is 12.5. The van der Waals surface area contributed by atoms with Crippen molar-refractivity contribution in [2.24, 2.45) is 10.8 Å². The van der Waals surface area contributed by atoms with E-state index >= 15 is 0 Å². The number of hydrogen-bond acceptors (Lipinski definition) is 12. The summed E-state index contributed by atoms with van der Waals surface area (Å²) in [5.41, 5.74) is 2.15.